The van der Waals surface area contributed by atoms with Gasteiger partial charge in [0, 0.05) is 6.54 Å². The van der Waals surface area contributed by atoms with Gasteiger partial charge in [-0.15, -0.1) is 0 Å². The first-order valence-electron chi connectivity index (χ1n) is 7.82. The molecular formula is C16H25NO4S. The number of unbranched alkanes of at least 4 members (excludes halogenated alkanes) is 6. The van der Waals surface area contributed by atoms with E-state index in [4.69, 9.17) is 5.11 Å². The summed E-state index contributed by atoms with van der Waals surface area (Å²) in [7, 11) is -2.84. The lowest BCUT2D eigenvalue weighted by Crippen LogP contribution is -2.24. The van der Waals surface area contributed by atoms with Crippen LogP contribution in [0, 0.1) is 0 Å². The lowest BCUT2D eigenvalue weighted by atomic mass is 10.1. The summed E-state index contributed by atoms with van der Waals surface area (Å²) in [5.74, 6) is -1.11. The summed E-state index contributed by atoms with van der Waals surface area (Å²) in [5.41, 5.74) is 0.265. The normalized spacial score (nSPS) is 10.8. The van der Waals surface area contributed by atoms with E-state index < -0.39 is 16.9 Å². The van der Waals surface area contributed by atoms with E-state index in [9.17, 15) is 13.2 Å². The van der Waals surface area contributed by atoms with Crippen molar-refractivity contribution in [1.29, 1.82) is 0 Å². The number of carbonyl (C=O) groups is 1. The zero-order valence-electron chi connectivity index (χ0n) is 13.0. The minimum absolute atomic E-state index is 0.0182. The largest absolute Gasteiger partial charge is 0.478 e. The molecule has 0 bridgehead atoms. The second-order valence-electron chi connectivity index (χ2n) is 5.30. The van der Waals surface area contributed by atoms with Crippen molar-refractivity contribution in [3.8, 4) is 0 Å². The summed E-state index contributed by atoms with van der Waals surface area (Å²) in [6.07, 6.45) is 7.62. The molecule has 0 radical (unpaired) electrons. The summed E-state index contributed by atoms with van der Waals surface area (Å²) >= 11 is 0. The molecule has 0 heterocycles. The van der Waals surface area contributed by atoms with E-state index in [-0.39, 0.29) is 11.3 Å². The highest BCUT2D eigenvalue weighted by atomic mass is 32.2. The highest BCUT2D eigenvalue weighted by Gasteiger charge is 2.16. The molecule has 0 spiro atoms. The number of nitrogens with zero attached hydrogens (tertiary/aromatic N) is 1. The Morgan fingerprint density at radius 1 is 1.05 bits per heavy atom. The van der Waals surface area contributed by atoms with Gasteiger partial charge in [0.15, 0.2) is 0 Å². The minimum Gasteiger partial charge on any atom is -0.478 e. The number of hydrogen-bond acceptors (Lipinski definition) is 3. The van der Waals surface area contributed by atoms with Gasteiger partial charge >= 0.3 is 5.97 Å². The number of anilines is 1. The molecule has 0 unspecified atom stereocenters. The van der Waals surface area contributed by atoms with E-state index in [1.807, 2.05) is 0 Å². The standard InChI is InChI=1S/C16H25NO4S/c1-2-3-4-5-6-7-10-13-17(22(20)21)15-12-9-8-11-14(15)16(18)19/h8-9,11-12,22H,2-7,10,13H2,1H3,(H,18,19). The van der Waals surface area contributed by atoms with E-state index in [1.165, 1.54) is 42.1 Å². The SMILES string of the molecule is CCCCCCCCCN(c1ccccc1C(=O)O)[SH](=O)=O. The zero-order valence-corrected chi connectivity index (χ0v) is 13.9. The summed E-state index contributed by atoms with van der Waals surface area (Å²) < 4.78 is 24.1. The molecule has 5 nitrogen and oxygen atoms in total. The molecule has 0 aliphatic carbocycles. The topological polar surface area (TPSA) is 74.7 Å². The predicted molar refractivity (Wildman–Crippen MR) is 89.1 cm³/mol. The van der Waals surface area contributed by atoms with Gasteiger partial charge in [0.05, 0.1) is 11.3 Å². The van der Waals surface area contributed by atoms with Crippen LogP contribution in [0.1, 0.15) is 62.2 Å². The van der Waals surface area contributed by atoms with Crippen molar-refractivity contribution in [3.63, 3.8) is 0 Å². The Hall–Kier alpha value is -1.56. The second kappa shape index (κ2) is 10.2. The number of para-hydroxylation sites is 1. The summed E-state index contributed by atoms with van der Waals surface area (Å²) in [4.78, 5) is 11.2. The molecular weight excluding hydrogens is 302 g/mol. The number of aromatic carboxylic acids is 1. The smallest absolute Gasteiger partial charge is 0.337 e. The molecule has 0 saturated heterocycles. The van der Waals surface area contributed by atoms with Crippen molar-refractivity contribution in [2.75, 3.05) is 10.8 Å². The van der Waals surface area contributed by atoms with Gasteiger partial charge in [0.25, 0.3) is 0 Å². The first kappa shape index (κ1) is 18.5. The fraction of sp³-hybridized carbons (Fsp3) is 0.562. The summed E-state index contributed by atoms with van der Waals surface area (Å²) in [6, 6.07) is 6.21. The van der Waals surface area contributed by atoms with Gasteiger partial charge in [-0.1, -0.05) is 57.6 Å². The third-order valence-corrected chi connectivity index (χ3v) is 4.39. The van der Waals surface area contributed by atoms with Gasteiger partial charge in [0.2, 0.25) is 10.9 Å². The van der Waals surface area contributed by atoms with Gasteiger partial charge in [-0.05, 0) is 18.6 Å². The van der Waals surface area contributed by atoms with Crippen molar-refractivity contribution in [1.82, 2.24) is 0 Å². The zero-order chi connectivity index (χ0) is 16.4. The molecule has 0 aliphatic rings. The summed E-state index contributed by atoms with van der Waals surface area (Å²) in [6.45, 7) is 2.50. The Bertz CT molecular complexity index is 535. The van der Waals surface area contributed by atoms with E-state index in [2.05, 4.69) is 6.92 Å². The van der Waals surface area contributed by atoms with Crippen LogP contribution in [0.3, 0.4) is 0 Å². The third kappa shape index (κ3) is 6.05. The van der Waals surface area contributed by atoms with E-state index in [0.29, 0.717) is 6.54 Å². The van der Waals surface area contributed by atoms with Crippen LogP contribution in [0.5, 0.6) is 0 Å². The molecule has 0 saturated carbocycles. The first-order valence-corrected chi connectivity index (χ1v) is 8.95. The van der Waals surface area contributed by atoms with Gasteiger partial charge in [-0.25, -0.2) is 13.2 Å². The third-order valence-electron chi connectivity index (χ3n) is 3.58. The van der Waals surface area contributed by atoms with Crippen LogP contribution in [-0.4, -0.2) is 26.0 Å². The molecule has 0 aliphatic heterocycles. The van der Waals surface area contributed by atoms with Crippen LogP contribution >= 0.6 is 0 Å². The molecule has 0 aromatic heterocycles. The molecule has 1 rings (SSSR count). The monoisotopic (exact) mass is 327 g/mol. The maximum absolute atomic E-state index is 11.4. The molecule has 0 amide bonds. The maximum Gasteiger partial charge on any atom is 0.337 e. The Morgan fingerprint density at radius 3 is 2.23 bits per heavy atom. The minimum atomic E-state index is -2.84. The van der Waals surface area contributed by atoms with Gasteiger partial charge < -0.3 is 5.11 Å². The van der Waals surface area contributed by atoms with Crippen LogP contribution in [0.25, 0.3) is 0 Å². The fourth-order valence-electron chi connectivity index (χ4n) is 2.39. The van der Waals surface area contributed by atoms with Crippen LogP contribution < -0.4 is 4.31 Å². The van der Waals surface area contributed by atoms with Crippen LogP contribution in [0.2, 0.25) is 0 Å². The molecule has 6 heteroatoms. The van der Waals surface area contributed by atoms with Crippen LogP contribution in [-0.2, 0) is 10.9 Å². The van der Waals surface area contributed by atoms with Crippen molar-refractivity contribution >= 4 is 22.5 Å². The Labute approximate surface area is 134 Å². The lowest BCUT2D eigenvalue weighted by Gasteiger charge is -2.19. The molecule has 22 heavy (non-hydrogen) atoms. The van der Waals surface area contributed by atoms with Gasteiger partial charge in [0.1, 0.15) is 0 Å². The lowest BCUT2D eigenvalue weighted by molar-refractivity contribution is 0.0697. The molecule has 1 aromatic rings. The fourth-order valence-corrected chi connectivity index (χ4v) is 3.04. The van der Waals surface area contributed by atoms with Crippen molar-refractivity contribution in [3.05, 3.63) is 29.8 Å². The Balaban J connectivity index is 2.58. The van der Waals surface area contributed by atoms with E-state index >= 15 is 0 Å². The average Bonchev–Trinajstić information content (AvgIpc) is 2.49. The average molecular weight is 327 g/mol. The van der Waals surface area contributed by atoms with E-state index in [0.717, 1.165) is 19.3 Å². The molecule has 0 atom stereocenters. The number of benzene rings is 1. The van der Waals surface area contributed by atoms with Crippen molar-refractivity contribution < 1.29 is 18.3 Å². The van der Waals surface area contributed by atoms with E-state index in [1.54, 1.807) is 12.1 Å². The number of thiol groups is 1. The Kier molecular flexibility index (Phi) is 8.58. The summed E-state index contributed by atoms with van der Waals surface area (Å²) in [5, 5.41) is 9.16. The molecule has 1 N–H and O–H groups in total. The highest BCUT2D eigenvalue weighted by Crippen LogP contribution is 2.21. The molecule has 124 valence electrons. The number of rotatable bonds is 11. The van der Waals surface area contributed by atoms with Crippen molar-refractivity contribution in [2.24, 2.45) is 0 Å². The number of hydrogen-bond donors (Lipinski definition) is 2. The number of carboxylic acid groups (broad SMARTS) is 1. The molecule has 0 fully saturated rings. The van der Waals surface area contributed by atoms with Gasteiger partial charge in [-0.2, -0.15) is 0 Å². The maximum atomic E-state index is 11.4. The Morgan fingerprint density at radius 2 is 1.64 bits per heavy atom. The predicted octanol–water partition coefficient (Wildman–Crippen LogP) is 3.47. The number of carboxylic acids is 1. The quantitative estimate of drug-likeness (QED) is 0.482. The van der Waals surface area contributed by atoms with Gasteiger partial charge in [-0.3, -0.25) is 4.31 Å². The van der Waals surface area contributed by atoms with Crippen LogP contribution in [0.4, 0.5) is 5.69 Å². The van der Waals surface area contributed by atoms with Crippen LogP contribution in [0.15, 0.2) is 24.3 Å². The second-order valence-corrected chi connectivity index (χ2v) is 6.26. The van der Waals surface area contributed by atoms with Crippen molar-refractivity contribution in [2.45, 2.75) is 51.9 Å². The highest BCUT2D eigenvalue weighted by molar-refractivity contribution is 7.74. The molecule has 1 aromatic carbocycles. The first-order chi connectivity index (χ1) is 10.6.